The molecular weight excluding hydrogens is 214 g/mol. The Morgan fingerprint density at radius 2 is 2.31 bits per heavy atom. The highest BCUT2D eigenvalue weighted by Crippen LogP contribution is 2.41. The molecule has 0 radical (unpaired) electrons. The molecule has 0 amide bonds. The van der Waals surface area contributed by atoms with Gasteiger partial charge in [-0.2, -0.15) is 0 Å². The van der Waals surface area contributed by atoms with E-state index in [1.165, 1.54) is 12.1 Å². The summed E-state index contributed by atoms with van der Waals surface area (Å²) in [6, 6.07) is 4.50. The second-order valence-electron chi connectivity index (χ2n) is 3.54. The van der Waals surface area contributed by atoms with Crippen LogP contribution < -0.4 is 9.84 Å². The molecule has 0 aromatic heterocycles. The average molecular weight is 222 g/mol. The highest BCUT2D eigenvalue weighted by Gasteiger charge is 2.30. The Bertz CT molecular complexity index is 457. The zero-order valence-corrected chi connectivity index (χ0v) is 8.21. The molecule has 1 aliphatic rings. The number of aliphatic carboxylic acids is 1. The maximum atomic E-state index is 10.7. The Kier molecular flexibility index (Phi) is 2.47. The van der Waals surface area contributed by atoms with Crippen molar-refractivity contribution in [2.45, 2.75) is 12.3 Å². The average Bonchev–Trinajstić information content (AvgIpc) is 2.60. The van der Waals surface area contributed by atoms with Gasteiger partial charge in [-0.25, -0.2) is 0 Å². The van der Waals surface area contributed by atoms with Crippen LogP contribution in [0.25, 0.3) is 0 Å². The van der Waals surface area contributed by atoms with Crippen molar-refractivity contribution >= 4 is 11.7 Å². The molecule has 1 aromatic rings. The number of nitrogens with zero attached hydrogens (tertiary/aromatic N) is 1. The summed E-state index contributed by atoms with van der Waals surface area (Å²) in [6.45, 7) is 0.147. The Hall–Kier alpha value is -2.11. The summed E-state index contributed by atoms with van der Waals surface area (Å²) in [6.07, 6.45) is -0.186. The molecule has 1 atom stereocenters. The predicted molar refractivity (Wildman–Crippen MR) is 51.0 cm³/mol. The Morgan fingerprint density at radius 3 is 2.94 bits per heavy atom. The van der Waals surface area contributed by atoms with Gasteiger partial charge in [0, 0.05) is 23.5 Å². The molecule has 2 rings (SSSR count). The number of carbonyl (C=O) groups excluding carboxylic acids is 1. The largest absolute Gasteiger partial charge is 0.550 e. The number of carboxylic acid groups (broad SMARTS) is 1. The third kappa shape index (κ3) is 1.69. The van der Waals surface area contributed by atoms with Crippen LogP contribution in [0.15, 0.2) is 18.2 Å². The van der Waals surface area contributed by atoms with Crippen molar-refractivity contribution in [1.29, 1.82) is 0 Å². The molecule has 0 N–H and O–H groups in total. The lowest BCUT2D eigenvalue weighted by molar-refractivity contribution is -0.385. The molecule has 0 spiro atoms. The molecule has 1 aliphatic heterocycles. The first kappa shape index (κ1) is 10.4. The standard InChI is InChI=1S/C10H9NO5/c12-9(13)4-6-5-16-10-7(6)2-1-3-8(10)11(14)15/h1-3,6H,4-5H2,(H,12,13)/p-1. The van der Waals surface area contributed by atoms with Crippen molar-refractivity contribution in [2.24, 2.45) is 0 Å². The van der Waals surface area contributed by atoms with Gasteiger partial charge in [0.25, 0.3) is 0 Å². The first-order chi connectivity index (χ1) is 7.59. The number of nitro benzene ring substituents is 1. The third-order valence-corrected chi connectivity index (χ3v) is 2.50. The Labute approximate surface area is 90.6 Å². The summed E-state index contributed by atoms with van der Waals surface area (Å²) in [5.41, 5.74) is 0.441. The van der Waals surface area contributed by atoms with E-state index in [9.17, 15) is 20.0 Å². The van der Waals surface area contributed by atoms with Crippen LogP contribution in [0, 0.1) is 10.1 Å². The number of rotatable bonds is 3. The van der Waals surface area contributed by atoms with E-state index in [1.807, 2.05) is 0 Å². The van der Waals surface area contributed by atoms with Gasteiger partial charge in [0.2, 0.25) is 5.75 Å². The van der Waals surface area contributed by atoms with Crippen molar-refractivity contribution < 1.29 is 19.6 Å². The van der Waals surface area contributed by atoms with Crippen LogP contribution >= 0.6 is 0 Å². The molecule has 84 valence electrons. The molecule has 6 heteroatoms. The van der Waals surface area contributed by atoms with E-state index in [4.69, 9.17) is 4.74 Å². The van der Waals surface area contributed by atoms with Gasteiger partial charge in [0.1, 0.15) is 0 Å². The van der Waals surface area contributed by atoms with Crippen LogP contribution in [0.1, 0.15) is 17.9 Å². The first-order valence-electron chi connectivity index (χ1n) is 4.69. The second kappa shape index (κ2) is 3.80. The van der Waals surface area contributed by atoms with Gasteiger partial charge in [-0.15, -0.1) is 0 Å². The van der Waals surface area contributed by atoms with E-state index < -0.39 is 10.9 Å². The molecule has 1 aromatic carbocycles. The van der Waals surface area contributed by atoms with E-state index in [0.717, 1.165) is 0 Å². The minimum Gasteiger partial charge on any atom is -0.550 e. The molecule has 16 heavy (non-hydrogen) atoms. The molecule has 1 heterocycles. The Morgan fingerprint density at radius 1 is 1.56 bits per heavy atom. The minimum absolute atomic E-state index is 0.127. The number of para-hydroxylation sites is 1. The van der Waals surface area contributed by atoms with Crippen LogP contribution in [0.3, 0.4) is 0 Å². The van der Waals surface area contributed by atoms with Gasteiger partial charge in [-0.3, -0.25) is 10.1 Å². The van der Waals surface area contributed by atoms with Gasteiger partial charge >= 0.3 is 5.69 Å². The maximum Gasteiger partial charge on any atom is 0.311 e. The fourth-order valence-electron chi connectivity index (χ4n) is 1.81. The number of hydrogen-bond acceptors (Lipinski definition) is 5. The fraction of sp³-hybridized carbons (Fsp3) is 0.300. The van der Waals surface area contributed by atoms with E-state index in [1.54, 1.807) is 6.07 Å². The monoisotopic (exact) mass is 222 g/mol. The van der Waals surface area contributed by atoms with Crippen LogP contribution in [-0.2, 0) is 4.79 Å². The zero-order chi connectivity index (χ0) is 11.7. The van der Waals surface area contributed by atoms with E-state index in [0.29, 0.717) is 5.56 Å². The van der Waals surface area contributed by atoms with Gasteiger partial charge in [-0.1, -0.05) is 12.1 Å². The summed E-state index contributed by atoms with van der Waals surface area (Å²) >= 11 is 0. The molecule has 0 bridgehead atoms. The third-order valence-electron chi connectivity index (χ3n) is 2.50. The summed E-state index contributed by atoms with van der Waals surface area (Å²) in [5, 5.41) is 21.2. The quantitative estimate of drug-likeness (QED) is 0.538. The lowest BCUT2D eigenvalue weighted by Crippen LogP contribution is -2.24. The van der Waals surface area contributed by atoms with Gasteiger partial charge < -0.3 is 14.6 Å². The van der Waals surface area contributed by atoms with Crippen LogP contribution in [0.5, 0.6) is 5.75 Å². The lowest BCUT2D eigenvalue weighted by atomic mass is 9.97. The molecule has 0 aliphatic carbocycles. The number of hydrogen-bond donors (Lipinski definition) is 0. The van der Waals surface area contributed by atoms with Crippen molar-refractivity contribution in [1.82, 2.24) is 0 Å². The number of ether oxygens (including phenoxy) is 1. The van der Waals surface area contributed by atoms with Gasteiger partial charge in [0.05, 0.1) is 11.5 Å². The van der Waals surface area contributed by atoms with E-state index in [2.05, 4.69) is 0 Å². The van der Waals surface area contributed by atoms with Crippen LogP contribution in [0.4, 0.5) is 5.69 Å². The summed E-state index contributed by atoms with van der Waals surface area (Å²) in [4.78, 5) is 20.6. The van der Waals surface area contributed by atoms with E-state index >= 15 is 0 Å². The van der Waals surface area contributed by atoms with Crippen molar-refractivity contribution in [3.63, 3.8) is 0 Å². The van der Waals surface area contributed by atoms with Crippen molar-refractivity contribution in [2.75, 3.05) is 6.61 Å². The maximum absolute atomic E-state index is 10.7. The van der Waals surface area contributed by atoms with Crippen LogP contribution in [-0.4, -0.2) is 17.5 Å². The SMILES string of the molecule is O=C([O-])CC1COc2c1cccc2[N+](=O)[O-]. The number of carbonyl (C=O) groups is 1. The molecule has 0 fully saturated rings. The second-order valence-corrected chi connectivity index (χ2v) is 3.54. The molecule has 0 saturated carbocycles. The lowest BCUT2D eigenvalue weighted by Gasteiger charge is -2.08. The highest BCUT2D eigenvalue weighted by molar-refractivity contribution is 5.67. The summed E-state index contributed by atoms with van der Waals surface area (Å²) in [7, 11) is 0. The topological polar surface area (TPSA) is 92.5 Å². The number of carboxylic acids is 1. The molecule has 6 nitrogen and oxygen atoms in total. The smallest absolute Gasteiger partial charge is 0.311 e. The van der Waals surface area contributed by atoms with Crippen molar-refractivity contribution in [3.05, 3.63) is 33.9 Å². The number of nitro groups is 1. The minimum atomic E-state index is -1.19. The van der Waals surface area contributed by atoms with Crippen LogP contribution in [0.2, 0.25) is 0 Å². The fourth-order valence-corrected chi connectivity index (χ4v) is 1.81. The van der Waals surface area contributed by atoms with E-state index in [-0.39, 0.29) is 30.4 Å². The predicted octanol–water partition coefficient (Wildman–Crippen LogP) is 0.211. The zero-order valence-electron chi connectivity index (χ0n) is 8.21. The normalized spacial score (nSPS) is 17.6. The summed E-state index contributed by atoms with van der Waals surface area (Å²) < 4.78 is 5.17. The van der Waals surface area contributed by atoms with Crippen molar-refractivity contribution in [3.8, 4) is 5.75 Å². The number of benzene rings is 1. The first-order valence-corrected chi connectivity index (χ1v) is 4.69. The Balaban J connectivity index is 2.37. The highest BCUT2D eigenvalue weighted by atomic mass is 16.6. The van der Waals surface area contributed by atoms with Gasteiger partial charge in [0.15, 0.2) is 0 Å². The molecule has 1 unspecified atom stereocenters. The summed E-state index contributed by atoms with van der Waals surface area (Å²) in [5.74, 6) is -1.37. The molecular formula is C10H8NO5-. The van der Waals surface area contributed by atoms with Gasteiger partial charge in [-0.05, 0) is 6.42 Å². The molecule has 0 saturated heterocycles. The number of fused-ring (bicyclic) bond motifs is 1.